The van der Waals surface area contributed by atoms with Gasteiger partial charge in [0, 0.05) is 31.9 Å². The van der Waals surface area contributed by atoms with Crippen LogP contribution in [0, 0.1) is 0 Å². The number of piperazine rings is 1. The monoisotopic (exact) mass is 370 g/mol. The Kier molecular flexibility index (Phi) is 8.68. The van der Waals surface area contributed by atoms with Gasteiger partial charge in [-0.15, -0.1) is 12.4 Å². The van der Waals surface area contributed by atoms with Gasteiger partial charge in [-0.1, -0.05) is 0 Å². The number of hydrogen-bond acceptors (Lipinski definition) is 5. The average molecular weight is 371 g/mol. The van der Waals surface area contributed by atoms with Gasteiger partial charge < -0.3 is 20.7 Å². The number of benzene rings is 1. The van der Waals surface area contributed by atoms with Crippen molar-refractivity contribution in [3.8, 4) is 5.75 Å². The van der Waals surface area contributed by atoms with Crippen LogP contribution in [-0.4, -0.2) is 67.0 Å². The van der Waals surface area contributed by atoms with E-state index in [2.05, 4.69) is 5.32 Å². The number of nitrogens with zero attached hydrogens (tertiary/aromatic N) is 2. The van der Waals surface area contributed by atoms with E-state index in [9.17, 15) is 9.59 Å². The van der Waals surface area contributed by atoms with Crippen LogP contribution in [-0.2, 0) is 9.59 Å². The molecule has 1 aromatic carbocycles. The molecule has 2 amide bonds. The van der Waals surface area contributed by atoms with Gasteiger partial charge in [0.05, 0.1) is 19.2 Å². The first-order valence-electron chi connectivity index (χ1n) is 8.29. The molecule has 0 spiro atoms. The molecule has 3 N–H and O–H groups in total. The van der Waals surface area contributed by atoms with Crippen LogP contribution in [0.2, 0.25) is 0 Å². The van der Waals surface area contributed by atoms with Crippen molar-refractivity contribution >= 4 is 29.9 Å². The molecule has 1 saturated heterocycles. The van der Waals surface area contributed by atoms with E-state index >= 15 is 0 Å². The van der Waals surface area contributed by atoms with Crippen molar-refractivity contribution < 1.29 is 14.3 Å². The van der Waals surface area contributed by atoms with Crippen LogP contribution in [0.15, 0.2) is 24.3 Å². The summed E-state index contributed by atoms with van der Waals surface area (Å²) in [6.07, 6.45) is 0. The number of nitrogens with one attached hydrogen (secondary N) is 1. The molecule has 1 aliphatic heterocycles. The normalized spacial score (nSPS) is 15.9. The van der Waals surface area contributed by atoms with Gasteiger partial charge in [-0.05, 0) is 38.1 Å². The van der Waals surface area contributed by atoms with Gasteiger partial charge in [0.2, 0.25) is 11.8 Å². The topological polar surface area (TPSA) is 87.9 Å². The molecule has 0 bridgehead atoms. The fourth-order valence-corrected chi connectivity index (χ4v) is 2.62. The Morgan fingerprint density at radius 2 is 1.80 bits per heavy atom. The smallest absolute Gasteiger partial charge is 0.239 e. The minimum atomic E-state index is -0.473. The third-order valence-electron chi connectivity index (χ3n) is 3.89. The van der Waals surface area contributed by atoms with E-state index in [-0.39, 0.29) is 24.2 Å². The molecule has 1 heterocycles. The number of carbonyl (C=O) groups excluding carboxylic acids is 2. The van der Waals surface area contributed by atoms with Gasteiger partial charge in [-0.2, -0.15) is 0 Å². The van der Waals surface area contributed by atoms with E-state index in [1.165, 1.54) is 0 Å². The number of nitrogens with two attached hydrogens (primary N) is 1. The lowest BCUT2D eigenvalue weighted by molar-refractivity contribution is -0.134. The number of halogens is 1. The first kappa shape index (κ1) is 21.2. The molecule has 0 radical (unpaired) electrons. The van der Waals surface area contributed by atoms with Crippen LogP contribution in [0.25, 0.3) is 0 Å². The van der Waals surface area contributed by atoms with Gasteiger partial charge in [-0.25, -0.2) is 0 Å². The number of carbonyl (C=O) groups is 2. The van der Waals surface area contributed by atoms with Crippen LogP contribution in [0.5, 0.6) is 5.75 Å². The first-order chi connectivity index (χ1) is 11.5. The van der Waals surface area contributed by atoms with E-state index in [1.807, 2.05) is 36.1 Å². The van der Waals surface area contributed by atoms with Crippen molar-refractivity contribution in [1.82, 2.24) is 9.80 Å². The quantitative estimate of drug-likeness (QED) is 0.778. The van der Waals surface area contributed by atoms with Crippen molar-refractivity contribution in [2.75, 3.05) is 44.6 Å². The van der Waals surface area contributed by atoms with Crippen LogP contribution in [0.1, 0.15) is 13.8 Å². The van der Waals surface area contributed by atoms with Gasteiger partial charge in [0.1, 0.15) is 5.75 Å². The molecule has 1 atom stereocenters. The summed E-state index contributed by atoms with van der Waals surface area (Å²) in [4.78, 5) is 27.8. The van der Waals surface area contributed by atoms with Crippen molar-refractivity contribution in [2.45, 2.75) is 19.9 Å². The summed E-state index contributed by atoms with van der Waals surface area (Å²) < 4.78 is 5.37. The van der Waals surface area contributed by atoms with Crippen LogP contribution >= 0.6 is 12.4 Å². The number of amides is 2. The highest BCUT2D eigenvalue weighted by atomic mass is 35.5. The zero-order chi connectivity index (χ0) is 17.5. The number of ether oxygens (including phenoxy) is 1. The van der Waals surface area contributed by atoms with Gasteiger partial charge >= 0.3 is 0 Å². The number of hydrogen-bond donors (Lipinski definition) is 2. The molecule has 1 aromatic rings. The molecular weight excluding hydrogens is 344 g/mol. The Morgan fingerprint density at radius 3 is 2.32 bits per heavy atom. The molecule has 140 valence electrons. The summed E-state index contributed by atoms with van der Waals surface area (Å²) in [7, 11) is 0. The van der Waals surface area contributed by atoms with Gasteiger partial charge in [-0.3, -0.25) is 14.5 Å². The van der Waals surface area contributed by atoms with E-state index < -0.39 is 6.04 Å². The first-order valence-corrected chi connectivity index (χ1v) is 8.29. The lowest BCUT2D eigenvalue weighted by Crippen LogP contribution is -2.53. The van der Waals surface area contributed by atoms with Crippen molar-refractivity contribution in [3.63, 3.8) is 0 Å². The summed E-state index contributed by atoms with van der Waals surface area (Å²) in [5.74, 6) is 0.685. The highest BCUT2D eigenvalue weighted by Gasteiger charge is 2.24. The molecule has 2 rings (SSSR count). The molecule has 25 heavy (non-hydrogen) atoms. The second kappa shape index (κ2) is 10.2. The summed E-state index contributed by atoms with van der Waals surface area (Å²) in [6, 6.07) is 6.83. The molecular formula is C17H27ClN4O3. The second-order valence-electron chi connectivity index (χ2n) is 5.90. The van der Waals surface area contributed by atoms with Crippen LogP contribution in [0.3, 0.4) is 0 Å². The van der Waals surface area contributed by atoms with E-state index in [4.69, 9.17) is 10.5 Å². The Labute approximate surface area is 154 Å². The molecule has 8 heteroatoms. The number of rotatable bonds is 6. The lowest BCUT2D eigenvalue weighted by atomic mass is 10.2. The summed E-state index contributed by atoms with van der Waals surface area (Å²) in [6.45, 7) is 7.12. The Morgan fingerprint density at radius 1 is 1.20 bits per heavy atom. The highest BCUT2D eigenvalue weighted by Crippen LogP contribution is 2.15. The van der Waals surface area contributed by atoms with Crippen LogP contribution in [0.4, 0.5) is 5.69 Å². The molecule has 0 saturated carbocycles. The van der Waals surface area contributed by atoms with Crippen molar-refractivity contribution in [1.29, 1.82) is 0 Å². The summed E-state index contributed by atoms with van der Waals surface area (Å²) >= 11 is 0. The van der Waals surface area contributed by atoms with Gasteiger partial charge in [0.15, 0.2) is 0 Å². The van der Waals surface area contributed by atoms with E-state index in [1.54, 1.807) is 11.8 Å². The maximum absolute atomic E-state index is 12.1. The minimum absolute atomic E-state index is 0. The predicted molar refractivity (Wildman–Crippen MR) is 100 cm³/mol. The Hall–Kier alpha value is -1.83. The summed E-state index contributed by atoms with van der Waals surface area (Å²) in [5.41, 5.74) is 6.36. The maximum atomic E-state index is 12.1. The molecule has 0 aromatic heterocycles. The minimum Gasteiger partial charge on any atom is -0.494 e. The Balaban J connectivity index is 0.00000312. The van der Waals surface area contributed by atoms with E-state index in [0.29, 0.717) is 39.3 Å². The fourth-order valence-electron chi connectivity index (χ4n) is 2.62. The van der Waals surface area contributed by atoms with Crippen molar-refractivity contribution in [2.24, 2.45) is 5.73 Å². The zero-order valence-electron chi connectivity index (χ0n) is 14.7. The molecule has 1 aliphatic rings. The van der Waals surface area contributed by atoms with Crippen molar-refractivity contribution in [3.05, 3.63) is 24.3 Å². The largest absolute Gasteiger partial charge is 0.494 e. The molecule has 0 aliphatic carbocycles. The molecule has 7 nitrogen and oxygen atoms in total. The summed E-state index contributed by atoms with van der Waals surface area (Å²) in [5, 5.41) is 2.87. The zero-order valence-corrected chi connectivity index (χ0v) is 15.6. The standard InChI is InChI=1S/C17H26N4O3.ClH/c1-3-24-15-6-4-14(5-7-15)19-16(22)12-20-8-10-21(11-9-20)17(23)13(2)18;/h4-7,13H,3,8-12,18H2,1-2H3,(H,19,22);1H. The van der Waals surface area contributed by atoms with E-state index in [0.717, 1.165) is 11.4 Å². The molecule has 1 unspecified atom stereocenters. The third-order valence-corrected chi connectivity index (χ3v) is 3.89. The maximum Gasteiger partial charge on any atom is 0.239 e. The lowest BCUT2D eigenvalue weighted by Gasteiger charge is -2.35. The Bertz CT molecular complexity index is 558. The number of anilines is 1. The second-order valence-corrected chi connectivity index (χ2v) is 5.90. The SMILES string of the molecule is CCOc1ccc(NC(=O)CN2CCN(C(=O)C(C)N)CC2)cc1.Cl. The molecule has 1 fully saturated rings. The average Bonchev–Trinajstić information content (AvgIpc) is 2.57. The van der Waals surface area contributed by atoms with Gasteiger partial charge in [0.25, 0.3) is 0 Å². The fraction of sp³-hybridized carbons (Fsp3) is 0.529. The third kappa shape index (κ3) is 6.53. The van der Waals surface area contributed by atoms with Crippen LogP contribution < -0.4 is 15.8 Å². The predicted octanol–water partition coefficient (Wildman–Crippen LogP) is 0.937. The highest BCUT2D eigenvalue weighted by molar-refractivity contribution is 5.92.